The van der Waals surface area contributed by atoms with Crippen molar-refractivity contribution in [3.8, 4) is 0 Å². The standard InChI is InChI=1S/C13H21NO2S/c1-10(2)6-7-13(3,12(15)16)14-9-11-5-4-8-17-11/h4-5,8,10,14H,6-7,9H2,1-3H3,(H,15,16). The van der Waals surface area contributed by atoms with Gasteiger partial charge in [-0.15, -0.1) is 11.3 Å². The average Bonchev–Trinajstić information content (AvgIpc) is 2.76. The molecule has 1 unspecified atom stereocenters. The highest BCUT2D eigenvalue weighted by molar-refractivity contribution is 7.09. The Balaban J connectivity index is 2.55. The molecule has 0 fully saturated rings. The van der Waals surface area contributed by atoms with E-state index in [0.717, 1.165) is 6.42 Å². The van der Waals surface area contributed by atoms with E-state index in [4.69, 9.17) is 0 Å². The van der Waals surface area contributed by atoms with Crippen LogP contribution in [0.3, 0.4) is 0 Å². The van der Waals surface area contributed by atoms with Crippen LogP contribution in [-0.4, -0.2) is 16.6 Å². The molecule has 1 aromatic heterocycles. The monoisotopic (exact) mass is 255 g/mol. The van der Waals surface area contributed by atoms with E-state index in [1.54, 1.807) is 18.3 Å². The highest BCUT2D eigenvalue weighted by Gasteiger charge is 2.32. The molecule has 0 radical (unpaired) electrons. The second-order valence-electron chi connectivity index (χ2n) is 5.00. The van der Waals surface area contributed by atoms with Crippen molar-refractivity contribution in [2.75, 3.05) is 0 Å². The van der Waals surface area contributed by atoms with Crippen molar-refractivity contribution in [3.63, 3.8) is 0 Å². The Labute approximate surface area is 107 Å². The normalized spacial score (nSPS) is 14.8. The summed E-state index contributed by atoms with van der Waals surface area (Å²) in [7, 11) is 0. The molecule has 0 aliphatic carbocycles. The molecule has 96 valence electrons. The number of carboxylic acid groups (broad SMARTS) is 1. The van der Waals surface area contributed by atoms with Gasteiger partial charge in [0.05, 0.1) is 0 Å². The van der Waals surface area contributed by atoms with Gasteiger partial charge in [-0.05, 0) is 37.1 Å². The van der Waals surface area contributed by atoms with E-state index < -0.39 is 11.5 Å². The average molecular weight is 255 g/mol. The van der Waals surface area contributed by atoms with Crippen LogP contribution in [0.2, 0.25) is 0 Å². The lowest BCUT2D eigenvalue weighted by Gasteiger charge is -2.27. The van der Waals surface area contributed by atoms with Gasteiger partial charge in [0.1, 0.15) is 5.54 Å². The third kappa shape index (κ3) is 4.48. The second-order valence-corrected chi connectivity index (χ2v) is 6.03. The van der Waals surface area contributed by atoms with Crippen molar-refractivity contribution in [2.24, 2.45) is 5.92 Å². The fourth-order valence-corrected chi connectivity index (χ4v) is 2.19. The van der Waals surface area contributed by atoms with E-state index >= 15 is 0 Å². The number of hydrogen-bond donors (Lipinski definition) is 2. The van der Waals surface area contributed by atoms with Gasteiger partial charge in [0.25, 0.3) is 0 Å². The Morgan fingerprint density at radius 1 is 1.59 bits per heavy atom. The Kier molecular flexibility index (Phi) is 5.15. The van der Waals surface area contributed by atoms with Gasteiger partial charge in [-0.2, -0.15) is 0 Å². The van der Waals surface area contributed by atoms with Crippen LogP contribution in [-0.2, 0) is 11.3 Å². The first-order valence-corrected chi connectivity index (χ1v) is 6.83. The van der Waals surface area contributed by atoms with Gasteiger partial charge in [-0.3, -0.25) is 10.1 Å². The quantitative estimate of drug-likeness (QED) is 0.787. The molecule has 0 amide bonds. The maximum absolute atomic E-state index is 11.3. The summed E-state index contributed by atoms with van der Waals surface area (Å²) < 4.78 is 0. The van der Waals surface area contributed by atoms with Gasteiger partial charge in [0.15, 0.2) is 0 Å². The minimum Gasteiger partial charge on any atom is -0.480 e. The molecule has 0 bridgehead atoms. The summed E-state index contributed by atoms with van der Waals surface area (Å²) in [5, 5.41) is 14.5. The van der Waals surface area contributed by atoms with Crippen LogP contribution in [0.1, 0.15) is 38.5 Å². The van der Waals surface area contributed by atoms with E-state index in [2.05, 4.69) is 19.2 Å². The van der Waals surface area contributed by atoms with E-state index in [9.17, 15) is 9.90 Å². The summed E-state index contributed by atoms with van der Waals surface area (Å²) in [4.78, 5) is 12.5. The van der Waals surface area contributed by atoms with Crippen molar-refractivity contribution < 1.29 is 9.90 Å². The molecule has 1 atom stereocenters. The molecule has 4 heteroatoms. The highest BCUT2D eigenvalue weighted by atomic mass is 32.1. The first-order chi connectivity index (χ1) is 7.94. The molecule has 3 nitrogen and oxygen atoms in total. The van der Waals surface area contributed by atoms with Gasteiger partial charge in [-0.1, -0.05) is 19.9 Å². The van der Waals surface area contributed by atoms with Crippen molar-refractivity contribution in [1.82, 2.24) is 5.32 Å². The van der Waals surface area contributed by atoms with Crippen LogP contribution in [0.5, 0.6) is 0 Å². The molecule has 1 aromatic rings. The number of carbonyl (C=O) groups is 1. The minimum absolute atomic E-state index is 0.525. The van der Waals surface area contributed by atoms with E-state index in [1.165, 1.54) is 4.88 Å². The van der Waals surface area contributed by atoms with Crippen LogP contribution in [0.25, 0.3) is 0 Å². The zero-order valence-electron chi connectivity index (χ0n) is 10.7. The SMILES string of the molecule is CC(C)CCC(C)(NCc1cccs1)C(=O)O. The summed E-state index contributed by atoms with van der Waals surface area (Å²) in [6.45, 7) is 6.62. The summed E-state index contributed by atoms with van der Waals surface area (Å²) >= 11 is 1.64. The topological polar surface area (TPSA) is 49.3 Å². The molecule has 0 spiro atoms. The van der Waals surface area contributed by atoms with Crippen LogP contribution < -0.4 is 5.32 Å². The number of hydrogen-bond acceptors (Lipinski definition) is 3. The summed E-state index contributed by atoms with van der Waals surface area (Å²) in [5.41, 5.74) is -0.825. The molecule has 1 rings (SSSR count). The first-order valence-electron chi connectivity index (χ1n) is 5.95. The fraction of sp³-hybridized carbons (Fsp3) is 0.615. The largest absolute Gasteiger partial charge is 0.480 e. The Hall–Kier alpha value is -0.870. The van der Waals surface area contributed by atoms with Crippen molar-refractivity contribution in [1.29, 1.82) is 0 Å². The number of thiophene rings is 1. The molecule has 0 aliphatic rings. The molecule has 1 heterocycles. The number of aliphatic carboxylic acids is 1. The zero-order chi connectivity index (χ0) is 12.9. The highest BCUT2D eigenvalue weighted by Crippen LogP contribution is 2.18. The van der Waals surface area contributed by atoms with E-state index in [0.29, 0.717) is 18.9 Å². The van der Waals surface area contributed by atoms with Crippen LogP contribution in [0.15, 0.2) is 17.5 Å². The lowest BCUT2D eigenvalue weighted by atomic mass is 9.92. The van der Waals surface area contributed by atoms with Crippen molar-refractivity contribution >= 4 is 17.3 Å². The third-order valence-electron chi connectivity index (χ3n) is 2.93. The molecule has 0 saturated heterocycles. The predicted molar refractivity (Wildman–Crippen MR) is 71.3 cm³/mol. The van der Waals surface area contributed by atoms with Crippen LogP contribution in [0, 0.1) is 5.92 Å². The lowest BCUT2D eigenvalue weighted by Crippen LogP contribution is -2.49. The molecular formula is C13H21NO2S. The van der Waals surface area contributed by atoms with Crippen LogP contribution in [0.4, 0.5) is 0 Å². The Morgan fingerprint density at radius 3 is 2.76 bits per heavy atom. The second kappa shape index (κ2) is 6.17. The maximum atomic E-state index is 11.3. The van der Waals surface area contributed by atoms with Gasteiger partial charge in [0, 0.05) is 11.4 Å². The molecule has 17 heavy (non-hydrogen) atoms. The smallest absolute Gasteiger partial charge is 0.323 e. The molecule has 0 aromatic carbocycles. The maximum Gasteiger partial charge on any atom is 0.323 e. The number of nitrogens with one attached hydrogen (secondary N) is 1. The van der Waals surface area contributed by atoms with Crippen LogP contribution >= 0.6 is 11.3 Å². The molecule has 0 aliphatic heterocycles. The first kappa shape index (κ1) is 14.2. The molecular weight excluding hydrogens is 234 g/mol. The van der Waals surface area contributed by atoms with Gasteiger partial charge < -0.3 is 5.11 Å². The Morgan fingerprint density at radius 2 is 2.29 bits per heavy atom. The third-order valence-corrected chi connectivity index (χ3v) is 3.80. The fourth-order valence-electron chi connectivity index (χ4n) is 1.54. The van der Waals surface area contributed by atoms with Crippen molar-refractivity contribution in [3.05, 3.63) is 22.4 Å². The number of rotatable bonds is 7. The minimum atomic E-state index is -0.825. The van der Waals surface area contributed by atoms with Gasteiger partial charge >= 0.3 is 5.97 Å². The van der Waals surface area contributed by atoms with E-state index in [1.807, 2.05) is 17.5 Å². The van der Waals surface area contributed by atoms with E-state index in [-0.39, 0.29) is 0 Å². The predicted octanol–water partition coefficient (Wildman–Crippen LogP) is 3.12. The summed E-state index contributed by atoms with van der Waals surface area (Å²) in [6.07, 6.45) is 1.58. The summed E-state index contributed by atoms with van der Waals surface area (Å²) in [6, 6.07) is 4.00. The Bertz CT molecular complexity index is 348. The van der Waals surface area contributed by atoms with Gasteiger partial charge in [-0.25, -0.2) is 0 Å². The van der Waals surface area contributed by atoms with Gasteiger partial charge in [0.2, 0.25) is 0 Å². The molecule has 2 N–H and O–H groups in total. The number of carboxylic acids is 1. The lowest BCUT2D eigenvalue weighted by molar-refractivity contribution is -0.144. The summed E-state index contributed by atoms with van der Waals surface area (Å²) in [5.74, 6) is -0.244. The van der Waals surface area contributed by atoms with Crippen molar-refractivity contribution in [2.45, 2.75) is 45.7 Å². The zero-order valence-corrected chi connectivity index (χ0v) is 11.5. The molecule has 0 saturated carbocycles.